The standard InChI is InChI=1S/C20H30O3Si/c1-19(2,3)24(6,7)23-17-12-10-11-16(15-17)20(4,5)14-9-8-13-18(21)22/h8-15H,1-7H3,(H,21,22)/p-1/b13-8+,14-9+. The van der Waals surface area contributed by atoms with Crippen LogP contribution in [0.25, 0.3) is 0 Å². The Balaban J connectivity index is 3.01. The summed E-state index contributed by atoms with van der Waals surface area (Å²) in [4.78, 5) is 10.4. The first kappa shape index (κ1) is 20.2. The zero-order chi connectivity index (χ0) is 18.6. The lowest BCUT2D eigenvalue weighted by Crippen LogP contribution is -2.43. The Morgan fingerprint density at radius 1 is 1.12 bits per heavy atom. The number of carboxylic acid groups (broad SMARTS) is 1. The summed E-state index contributed by atoms with van der Waals surface area (Å²) in [6, 6.07) is 8.14. The summed E-state index contributed by atoms with van der Waals surface area (Å²) >= 11 is 0. The molecule has 0 aliphatic carbocycles. The van der Waals surface area contributed by atoms with Crippen molar-refractivity contribution < 1.29 is 14.3 Å². The van der Waals surface area contributed by atoms with Gasteiger partial charge in [-0.1, -0.05) is 65.0 Å². The molecule has 4 heteroatoms. The normalized spacial score (nSPS) is 13.6. The topological polar surface area (TPSA) is 49.4 Å². The van der Waals surface area contributed by atoms with Gasteiger partial charge in [0.2, 0.25) is 8.32 Å². The van der Waals surface area contributed by atoms with Crippen LogP contribution in [0.1, 0.15) is 40.2 Å². The second-order valence-corrected chi connectivity index (χ2v) is 12.9. The van der Waals surface area contributed by atoms with Crippen LogP contribution in [0.2, 0.25) is 18.1 Å². The Bertz CT molecular complexity index is 635. The molecule has 1 aromatic carbocycles. The zero-order valence-corrected chi connectivity index (χ0v) is 16.8. The molecule has 132 valence electrons. The van der Waals surface area contributed by atoms with E-state index in [0.717, 1.165) is 17.4 Å². The van der Waals surface area contributed by atoms with E-state index in [1.54, 1.807) is 6.08 Å². The first-order valence-electron chi connectivity index (χ1n) is 8.22. The van der Waals surface area contributed by atoms with E-state index in [-0.39, 0.29) is 10.5 Å². The lowest BCUT2D eigenvalue weighted by molar-refractivity contribution is -0.297. The molecule has 24 heavy (non-hydrogen) atoms. The lowest BCUT2D eigenvalue weighted by Gasteiger charge is -2.36. The van der Waals surface area contributed by atoms with Crippen LogP contribution < -0.4 is 9.53 Å². The fourth-order valence-electron chi connectivity index (χ4n) is 1.93. The van der Waals surface area contributed by atoms with E-state index in [2.05, 4.69) is 59.8 Å². The lowest BCUT2D eigenvalue weighted by atomic mass is 9.84. The smallest absolute Gasteiger partial charge is 0.250 e. The summed E-state index contributed by atoms with van der Waals surface area (Å²) < 4.78 is 6.37. The molecular formula is C20H29O3Si-. The predicted octanol–water partition coefficient (Wildman–Crippen LogP) is 4.21. The minimum absolute atomic E-state index is 0.147. The maximum absolute atomic E-state index is 10.4. The third kappa shape index (κ3) is 5.68. The molecule has 0 bridgehead atoms. The summed E-state index contributed by atoms with van der Waals surface area (Å²) in [7, 11) is -1.87. The predicted molar refractivity (Wildman–Crippen MR) is 101 cm³/mol. The highest BCUT2D eigenvalue weighted by Crippen LogP contribution is 2.38. The van der Waals surface area contributed by atoms with Gasteiger partial charge >= 0.3 is 0 Å². The highest BCUT2D eigenvalue weighted by Gasteiger charge is 2.39. The number of carbonyl (C=O) groups is 1. The van der Waals surface area contributed by atoms with E-state index in [1.807, 2.05) is 18.2 Å². The highest BCUT2D eigenvalue weighted by molar-refractivity contribution is 6.74. The van der Waals surface area contributed by atoms with E-state index in [4.69, 9.17) is 4.43 Å². The maximum atomic E-state index is 10.4. The third-order valence-electron chi connectivity index (χ3n) is 4.61. The number of carbonyl (C=O) groups excluding carboxylic acids is 1. The van der Waals surface area contributed by atoms with Crippen molar-refractivity contribution in [1.82, 2.24) is 0 Å². The Hall–Kier alpha value is -1.81. The molecule has 0 unspecified atom stereocenters. The summed E-state index contributed by atoms with van der Waals surface area (Å²) in [5.74, 6) is -0.298. The van der Waals surface area contributed by atoms with E-state index < -0.39 is 14.3 Å². The second-order valence-electron chi connectivity index (χ2n) is 8.15. The summed E-state index contributed by atoms with van der Waals surface area (Å²) in [5.41, 5.74) is 0.889. The van der Waals surface area contributed by atoms with Gasteiger partial charge in [0, 0.05) is 5.41 Å². The molecule has 0 amide bonds. The van der Waals surface area contributed by atoms with Crippen LogP contribution in [0.15, 0.2) is 48.6 Å². The van der Waals surface area contributed by atoms with Crippen molar-refractivity contribution in [3.63, 3.8) is 0 Å². The number of hydrogen-bond acceptors (Lipinski definition) is 3. The van der Waals surface area contributed by atoms with E-state index in [0.29, 0.717) is 0 Å². The van der Waals surface area contributed by atoms with Crippen LogP contribution >= 0.6 is 0 Å². The van der Waals surface area contributed by atoms with E-state index >= 15 is 0 Å². The molecular weight excluding hydrogens is 316 g/mol. The summed E-state index contributed by atoms with van der Waals surface area (Å²) in [6.07, 6.45) is 6.20. The molecule has 1 rings (SSSR count). The molecule has 0 radical (unpaired) electrons. The van der Waals surface area contributed by atoms with Crippen LogP contribution in [0.4, 0.5) is 0 Å². The Morgan fingerprint density at radius 2 is 1.75 bits per heavy atom. The molecule has 0 aliphatic heterocycles. The average molecular weight is 346 g/mol. The minimum atomic E-state index is -1.87. The van der Waals surface area contributed by atoms with Crippen molar-refractivity contribution in [2.45, 2.75) is 58.2 Å². The minimum Gasteiger partial charge on any atom is -0.545 e. The van der Waals surface area contributed by atoms with Gasteiger partial charge < -0.3 is 14.3 Å². The summed E-state index contributed by atoms with van der Waals surface area (Å²) in [5, 5.41) is 10.6. The first-order chi connectivity index (χ1) is 10.8. The first-order valence-corrected chi connectivity index (χ1v) is 11.1. The zero-order valence-electron chi connectivity index (χ0n) is 15.8. The highest BCUT2D eigenvalue weighted by atomic mass is 28.4. The molecule has 0 spiro atoms. The molecule has 0 fully saturated rings. The summed E-state index contributed by atoms with van der Waals surface area (Å²) in [6.45, 7) is 15.3. The Labute approximate surface area is 147 Å². The number of hydrogen-bond donors (Lipinski definition) is 0. The van der Waals surface area contributed by atoms with Gasteiger partial charge in [-0.25, -0.2) is 0 Å². The molecule has 3 nitrogen and oxygen atoms in total. The van der Waals surface area contributed by atoms with Gasteiger partial charge in [-0.2, -0.15) is 0 Å². The van der Waals surface area contributed by atoms with Crippen molar-refractivity contribution in [3.8, 4) is 5.75 Å². The third-order valence-corrected chi connectivity index (χ3v) is 8.97. The van der Waals surface area contributed by atoms with Crippen LogP contribution in [-0.4, -0.2) is 14.3 Å². The van der Waals surface area contributed by atoms with Crippen LogP contribution in [0.3, 0.4) is 0 Å². The molecule has 0 aliphatic rings. The number of benzene rings is 1. The van der Waals surface area contributed by atoms with Crippen molar-refractivity contribution >= 4 is 14.3 Å². The molecule has 0 heterocycles. The SMILES string of the molecule is CC(C)(/C=C/C=C/C(=O)[O-])c1cccc(O[Si](C)(C)C(C)(C)C)c1. The van der Waals surface area contributed by atoms with Crippen molar-refractivity contribution in [2.75, 3.05) is 0 Å². The molecule has 1 aromatic rings. The largest absolute Gasteiger partial charge is 0.545 e. The van der Waals surface area contributed by atoms with E-state index in [9.17, 15) is 9.90 Å². The van der Waals surface area contributed by atoms with E-state index in [1.165, 1.54) is 6.08 Å². The fourth-order valence-corrected chi connectivity index (χ4v) is 2.96. The molecule has 0 N–H and O–H groups in total. The number of rotatable bonds is 6. The number of allylic oxidation sites excluding steroid dienone is 3. The van der Waals surface area contributed by atoms with Crippen LogP contribution in [-0.2, 0) is 10.2 Å². The molecule has 0 saturated carbocycles. The second kappa shape index (κ2) is 7.39. The Morgan fingerprint density at radius 3 is 2.29 bits per heavy atom. The molecule has 0 atom stereocenters. The molecule has 0 aromatic heterocycles. The monoisotopic (exact) mass is 345 g/mol. The van der Waals surface area contributed by atoms with Gasteiger partial charge in [0.15, 0.2) is 0 Å². The van der Waals surface area contributed by atoms with Gasteiger partial charge in [-0.05, 0) is 41.9 Å². The maximum Gasteiger partial charge on any atom is 0.250 e. The molecule has 0 saturated heterocycles. The van der Waals surface area contributed by atoms with Crippen molar-refractivity contribution in [2.24, 2.45) is 0 Å². The van der Waals surface area contributed by atoms with Crippen LogP contribution in [0, 0.1) is 0 Å². The number of aliphatic carboxylic acids is 1. The van der Waals surface area contributed by atoms with Crippen molar-refractivity contribution in [1.29, 1.82) is 0 Å². The van der Waals surface area contributed by atoms with Crippen molar-refractivity contribution in [3.05, 3.63) is 54.1 Å². The van der Waals surface area contributed by atoms with Crippen LogP contribution in [0.5, 0.6) is 5.75 Å². The number of carboxylic acids is 1. The quantitative estimate of drug-likeness (QED) is 0.441. The van der Waals surface area contributed by atoms with Gasteiger partial charge in [0.1, 0.15) is 5.75 Å². The van der Waals surface area contributed by atoms with Gasteiger partial charge in [0.25, 0.3) is 0 Å². The fraction of sp³-hybridized carbons (Fsp3) is 0.450. The van der Waals surface area contributed by atoms with Gasteiger partial charge in [-0.15, -0.1) is 0 Å². The van der Waals surface area contributed by atoms with Gasteiger partial charge in [0.05, 0.1) is 5.97 Å². The Kier molecular flexibility index (Phi) is 6.23. The average Bonchev–Trinajstić information content (AvgIpc) is 2.42. The van der Waals surface area contributed by atoms with Gasteiger partial charge in [-0.3, -0.25) is 0 Å².